The lowest BCUT2D eigenvalue weighted by Crippen LogP contribution is -2.36. The average molecular weight is 341 g/mol. The molecule has 0 saturated carbocycles. The van der Waals surface area contributed by atoms with Gasteiger partial charge in [-0.1, -0.05) is 6.92 Å². The van der Waals surface area contributed by atoms with Crippen LogP contribution in [0, 0.1) is 10.1 Å². The van der Waals surface area contributed by atoms with Crippen LogP contribution in [0.25, 0.3) is 0 Å². The highest BCUT2D eigenvalue weighted by molar-refractivity contribution is 5.95. The summed E-state index contributed by atoms with van der Waals surface area (Å²) in [7, 11) is 0. The SMILES string of the molecule is CC[C@@H](C)OC(=O)OC[n+]1cccc(C(=O)CCCO[N+](=O)[O-])c1. The fourth-order valence-electron chi connectivity index (χ4n) is 1.69. The Morgan fingerprint density at radius 3 is 2.83 bits per heavy atom. The van der Waals surface area contributed by atoms with Crippen molar-refractivity contribution in [1.29, 1.82) is 0 Å². The third kappa shape index (κ3) is 7.52. The van der Waals surface area contributed by atoms with Gasteiger partial charge < -0.3 is 14.3 Å². The lowest BCUT2D eigenvalue weighted by Gasteiger charge is -2.09. The van der Waals surface area contributed by atoms with Crippen LogP contribution in [0.1, 0.15) is 43.5 Å². The van der Waals surface area contributed by atoms with Gasteiger partial charge in [0.15, 0.2) is 18.2 Å². The van der Waals surface area contributed by atoms with E-state index in [1.165, 1.54) is 10.8 Å². The zero-order valence-electron chi connectivity index (χ0n) is 13.7. The number of rotatable bonds is 10. The van der Waals surface area contributed by atoms with E-state index in [1.54, 1.807) is 25.3 Å². The molecule has 1 rings (SSSR count). The molecule has 0 spiro atoms. The summed E-state index contributed by atoms with van der Waals surface area (Å²) in [4.78, 5) is 37.6. The van der Waals surface area contributed by atoms with Crippen LogP contribution in [0.2, 0.25) is 0 Å². The number of ether oxygens (including phenoxy) is 2. The monoisotopic (exact) mass is 341 g/mol. The summed E-state index contributed by atoms with van der Waals surface area (Å²) in [6.45, 7) is 3.44. The van der Waals surface area contributed by atoms with Gasteiger partial charge in [0.2, 0.25) is 0 Å². The van der Waals surface area contributed by atoms with Crippen molar-refractivity contribution in [3.8, 4) is 0 Å². The quantitative estimate of drug-likeness (QED) is 0.160. The van der Waals surface area contributed by atoms with Gasteiger partial charge in [-0.25, -0.2) is 4.79 Å². The van der Waals surface area contributed by atoms with Crippen molar-refractivity contribution < 1.29 is 33.6 Å². The molecule has 24 heavy (non-hydrogen) atoms. The molecule has 0 aliphatic rings. The summed E-state index contributed by atoms with van der Waals surface area (Å²) in [5.41, 5.74) is 0.414. The number of pyridine rings is 1. The lowest BCUT2D eigenvalue weighted by molar-refractivity contribution is -0.757. The molecule has 0 unspecified atom stereocenters. The average Bonchev–Trinajstić information content (AvgIpc) is 2.56. The second-order valence-electron chi connectivity index (χ2n) is 5.05. The third-order valence-electron chi connectivity index (χ3n) is 3.13. The predicted octanol–water partition coefficient (Wildman–Crippen LogP) is 2.05. The van der Waals surface area contributed by atoms with E-state index in [2.05, 4.69) is 4.84 Å². The van der Waals surface area contributed by atoms with Gasteiger partial charge in [-0.05, 0) is 25.8 Å². The molecule has 0 saturated heterocycles. The molecule has 132 valence electrons. The van der Waals surface area contributed by atoms with Gasteiger partial charge in [0.25, 0.3) is 11.8 Å². The number of Topliss-reactive ketones (excluding diaryl/α,β-unsaturated/α-hetero) is 1. The van der Waals surface area contributed by atoms with Gasteiger partial charge in [0, 0.05) is 12.5 Å². The maximum Gasteiger partial charge on any atom is 0.513 e. The van der Waals surface area contributed by atoms with Gasteiger partial charge in [-0.15, -0.1) is 10.1 Å². The number of hydrogen-bond donors (Lipinski definition) is 0. The molecule has 9 nitrogen and oxygen atoms in total. The molecule has 1 atom stereocenters. The molecule has 0 radical (unpaired) electrons. The Labute approximate surface area is 139 Å². The van der Waals surface area contributed by atoms with Gasteiger partial charge in [-0.2, -0.15) is 4.57 Å². The molecule has 0 aromatic carbocycles. The largest absolute Gasteiger partial charge is 0.513 e. The molecule has 1 aromatic rings. The van der Waals surface area contributed by atoms with Crippen LogP contribution < -0.4 is 4.57 Å². The van der Waals surface area contributed by atoms with E-state index in [0.29, 0.717) is 12.0 Å². The highest BCUT2D eigenvalue weighted by atomic mass is 16.9. The maximum atomic E-state index is 12.0. The summed E-state index contributed by atoms with van der Waals surface area (Å²) in [6, 6.07) is 3.26. The molecule has 9 heteroatoms. The van der Waals surface area contributed by atoms with Crippen molar-refractivity contribution in [2.24, 2.45) is 0 Å². The molecule has 0 amide bonds. The first-order chi connectivity index (χ1) is 11.4. The van der Waals surface area contributed by atoms with Crippen molar-refractivity contribution in [1.82, 2.24) is 0 Å². The first-order valence-electron chi connectivity index (χ1n) is 7.55. The van der Waals surface area contributed by atoms with Crippen molar-refractivity contribution in [3.63, 3.8) is 0 Å². The smallest absolute Gasteiger partial charge is 0.431 e. The highest BCUT2D eigenvalue weighted by Gasteiger charge is 2.14. The molecule has 1 heterocycles. The Kier molecular flexibility index (Phi) is 8.17. The van der Waals surface area contributed by atoms with E-state index in [4.69, 9.17) is 9.47 Å². The van der Waals surface area contributed by atoms with Gasteiger partial charge in [-0.3, -0.25) is 4.79 Å². The number of ketones is 1. The van der Waals surface area contributed by atoms with Crippen LogP contribution in [-0.2, 0) is 21.0 Å². The van der Waals surface area contributed by atoms with Crippen LogP contribution in [0.15, 0.2) is 24.5 Å². The second-order valence-corrected chi connectivity index (χ2v) is 5.05. The topological polar surface area (TPSA) is 109 Å². The lowest BCUT2D eigenvalue weighted by atomic mass is 10.1. The van der Waals surface area contributed by atoms with E-state index in [-0.39, 0.29) is 38.1 Å². The van der Waals surface area contributed by atoms with E-state index in [9.17, 15) is 19.7 Å². The van der Waals surface area contributed by atoms with Crippen molar-refractivity contribution in [2.75, 3.05) is 6.61 Å². The third-order valence-corrected chi connectivity index (χ3v) is 3.13. The second kappa shape index (κ2) is 10.1. The minimum atomic E-state index is -0.892. The Bertz CT molecular complexity index is 577. The van der Waals surface area contributed by atoms with Crippen LogP contribution in [0.5, 0.6) is 0 Å². The Balaban J connectivity index is 2.46. The molecule has 0 aliphatic carbocycles. The minimum Gasteiger partial charge on any atom is -0.431 e. The Morgan fingerprint density at radius 2 is 2.17 bits per heavy atom. The molecule has 0 bridgehead atoms. The zero-order valence-corrected chi connectivity index (χ0v) is 13.7. The van der Waals surface area contributed by atoms with Gasteiger partial charge in [0.1, 0.15) is 6.10 Å². The maximum absolute atomic E-state index is 12.0. The summed E-state index contributed by atoms with van der Waals surface area (Å²) in [5, 5.41) is 9.12. The van der Waals surface area contributed by atoms with Crippen LogP contribution in [-0.4, -0.2) is 29.7 Å². The number of carbonyl (C=O) groups is 2. The highest BCUT2D eigenvalue weighted by Crippen LogP contribution is 2.04. The van der Waals surface area contributed by atoms with Crippen LogP contribution >= 0.6 is 0 Å². The van der Waals surface area contributed by atoms with Crippen LogP contribution in [0.3, 0.4) is 0 Å². The summed E-state index contributed by atoms with van der Waals surface area (Å²) in [5.74, 6) is -0.182. The van der Waals surface area contributed by atoms with Crippen LogP contribution in [0.4, 0.5) is 4.79 Å². The van der Waals surface area contributed by atoms with E-state index in [0.717, 1.165) is 0 Å². The molecular formula is C15H21N2O7+. The molecule has 1 aromatic heterocycles. The van der Waals surface area contributed by atoms with E-state index < -0.39 is 11.2 Å². The Morgan fingerprint density at radius 1 is 1.42 bits per heavy atom. The number of carbonyl (C=O) groups excluding carboxylic acids is 2. The fourth-order valence-corrected chi connectivity index (χ4v) is 1.69. The molecular weight excluding hydrogens is 320 g/mol. The summed E-state index contributed by atoms with van der Waals surface area (Å²) < 4.78 is 11.5. The summed E-state index contributed by atoms with van der Waals surface area (Å²) in [6.07, 6.45) is 3.23. The molecule has 0 N–H and O–H groups in total. The van der Waals surface area contributed by atoms with E-state index in [1.807, 2.05) is 6.92 Å². The molecule has 0 aliphatic heterocycles. The minimum absolute atomic E-state index is 0.0825. The normalized spacial score (nSPS) is 11.4. The first-order valence-corrected chi connectivity index (χ1v) is 7.55. The van der Waals surface area contributed by atoms with Crippen molar-refractivity contribution in [2.45, 2.75) is 45.9 Å². The number of hydrogen-bond acceptors (Lipinski definition) is 7. The van der Waals surface area contributed by atoms with Crippen molar-refractivity contribution in [3.05, 3.63) is 40.2 Å². The number of nitrogens with zero attached hydrogens (tertiary/aromatic N) is 2. The zero-order chi connectivity index (χ0) is 17.9. The van der Waals surface area contributed by atoms with Gasteiger partial charge in [0.05, 0.1) is 12.2 Å². The summed E-state index contributed by atoms with van der Waals surface area (Å²) >= 11 is 0. The standard InChI is InChI=1S/C15H21N2O7/c1-3-12(2)24-15(19)22-11-16-8-4-6-13(10-16)14(18)7-5-9-23-17(20)21/h4,6,8,10,12H,3,5,7,9,11H2,1-2H3/q+1/t12-/m1/s1. The van der Waals surface area contributed by atoms with E-state index >= 15 is 0 Å². The fraction of sp³-hybridized carbons (Fsp3) is 0.533. The van der Waals surface area contributed by atoms with Gasteiger partial charge >= 0.3 is 6.16 Å². The van der Waals surface area contributed by atoms with Crippen molar-refractivity contribution >= 4 is 11.9 Å². The Hall–Kier alpha value is -2.71. The first kappa shape index (κ1) is 19.3. The molecule has 0 fully saturated rings. The number of aromatic nitrogens is 1. The predicted molar refractivity (Wildman–Crippen MR) is 80.5 cm³/mol.